The van der Waals surface area contributed by atoms with Crippen LogP contribution in [0.4, 0.5) is 0 Å². The third-order valence-corrected chi connectivity index (χ3v) is 3.77. The summed E-state index contributed by atoms with van der Waals surface area (Å²) in [5.41, 5.74) is 1.91. The number of ether oxygens (including phenoxy) is 1. The van der Waals surface area contributed by atoms with Gasteiger partial charge in [-0.3, -0.25) is 9.89 Å². The van der Waals surface area contributed by atoms with Crippen molar-refractivity contribution in [3.05, 3.63) is 66.0 Å². The maximum atomic E-state index is 11.9. The Labute approximate surface area is 146 Å². The van der Waals surface area contributed by atoms with Crippen molar-refractivity contribution in [3.63, 3.8) is 0 Å². The Balaban J connectivity index is 1.49. The topological polar surface area (TPSA) is 79.9 Å². The zero-order valence-corrected chi connectivity index (χ0v) is 14.0. The number of aromatic amines is 1. The van der Waals surface area contributed by atoms with Crippen molar-refractivity contribution in [1.82, 2.24) is 20.5 Å². The molecule has 6 heteroatoms. The first kappa shape index (κ1) is 16.7. The number of amides is 1. The summed E-state index contributed by atoms with van der Waals surface area (Å²) in [7, 11) is 1.63. The van der Waals surface area contributed by atoms with Crippen LogP contribution in [-0.2, 0) is 17.6 Å². The number of H-pyrrole nitrogens is 1. The van der Waals surface area contributed by atoms with Gasteiger partial charge < -0.3 is 10.1 Å². The highest BCUT2D eigenvalue weighted by Crippen LogP contribution is 2.18. The monoisotopic (exact) mass is 336 g/mol. The number of nitrogens with zero attached hydrogens (tertiary/aromatic N) is 2. The molecule has 0 bridgehead atoms. The number of carbonyl (C=O) groups is 1. The zero-order valence-electron chi connectivity index (χ0n) is 14.0. The van der Waals surface area contributed by atoms with Gasteiger partial charge in [-0.05, 0) is 29.8 Å². The van der Waals surface area contributed by atoms with Crippen LogP contribution in [0.1, 0.15) is 11.4 Å². The van der Waals surface area contributed by atoms with E-state index in [9.17, 15) is 4.79 Å². The minimum absolute atomic E-state index is 0.00101. The molecule has 2 N–H and O–H groups in total. The molecule has 128 valence electrons. The lowest BCUT2D eigenvalue weighted by atomic mass is 10.1. The van der Waals surface area contributed by atoms with Crippen molar-refractivity contribution >= 4 is 5.91 Å². The van der Waals surface area contributed by atoms with E-state index in [1.165, 1.54) is 0 Å². The molecule has 1 heterocycles. The number of nitrogens with one attached hydrogen (secondary N) is 2. The maximum Gasteiger partial charge on any atom is 0.224 e. The molecule has 1 aromatic heterocycles. The molecule has 25 heavy (non-hydrogen) atoms. The van der Waals surface area contributed by atoms with E-state index in [1.807, 2.05) is 54.6 Å². The lowest BCUT2D eigenvalue weighted by Gasteiger charge is -2.03. The molecule has 2 aromatic carbocycles. The summed E-state index contributed by atoms with van der Waals surface area (Å²) in [5, 5.41) is 10.0. The summed E-state index contributed by atoms with van der Waals surface area (Å²) < 4.78 is 5.14. The van der Waals surface area contributed by atoms with E-state index in [4.69, 9.17) is 4.74 Å². The fraction of sp³-hybridized carbons (Fsp3) is 0.211. The molecule has 0 radical (unpaired) electrons. The average Bonchev–Trinajstić information content (AvgIpc) is 3.11. The van der Waals surface area contributed by atoms with Gasteiger partial charge in [-0.15, -0.1) is 0 Å². The van der Waals surface area contributed by atoms with E-state index in [-0.39, 0.29) is 5.91 Å². The predicted octanol–water partition coefficient (Wildman–Crippen LogP) is 2.38. The number of aromatic nitrogens is 3. The molecule has 0 unspecified atom stereocenters. The second kappa shape index (κ2) is 8.10. The van der Waals surface area contributed by atoms with Crippen LogP contribution in [-0.4, -0.2) is 34.7 Å². The number of hydrogen-bond donors (Lipinski definition) is 2. The minimum Gasteiger partial charge on any atom is -0.497 e. The molecule has 6 nitrogen and oxygen atoms in total. The number of rotatable bonds is 7. The molecule has 0 aliphatic rings. The Bertz CT molecular complexity index is 813. The summed E-state index contributed by atoms with van der Waals surface area (Å²) >= 11 is 0. The van der Waals surface area contributed by atoms with Crippen LogP contribution in [0.3, 0.4) is 0 Å². The summed E-state index contributed by atoms with van der Waals surface area (Å²) in [4.78, 5) is 16.4. The standard InChI is InChI=1S/C19H20N4O2/c1-25-16-9-7-15(8-10-16)19-21-17(22-23-19)11-12-20-18(24)13-14-5-3-2-4-6-14/h2-10H,11-13H2,1H3,(H,20,24)(H,21,22,23). The zero-order chi connectivity index (χ0) is 17.5. The largest absolute Gasteiger partial charge is 0.497 e. The van der Waals surface area contributed by atoms with E-state index < -0.39 is 0 Å². The van der Waals surface area contributed by atoms with Crippen LogP contribution in [0, 0.1) is 0 Å². The summed E-state index contributed by atoms with van der Waals surface area (Å²) in [6, 6.07) is 17.2. The number of hydrogen-bond acceptors (Lipinski definition) is 4. The summed E-state index contributed by atoms with van der Waals surface area (Å²) in [6.07, 6.45) is 0.984. The molecule has 0 saturated carbocycles. The lowest BCUT2D eigenvalue weighted by molar-refractivity contribution is -0.120. The fourth-order valence-electron chi connectivity index (χ4n) is 2.44. The number of methoxy groups -OCH3 is 1. The van der Waals surface area contributed by atoms with Crippen molar-refractivity contribution in [2.24, 2.45) is 0 Å². The van der Waals surface area contributed by atoms with Gasteiger partial charge >= 0.3 is 0 Å². The van der Waals surface area contributed by atoms with E-state index in [1.54, 1.807) is 7.11 Å². The highest BCUT2D eigenvalue weighted by atomic mass is 16.5. The molecular formula is C19H20N4O2. The quantitative estimate of drug-likeness (QED) is 0.694. The maximum absolute atomic E-state index is 11.9. The minimum atomic E-state index is 0.00101. The van der Waals surface area contributed by atoms with Gasteiger partial charge in [0.25, 0.3) is 0 Å². The van der Waals surface area contributed by atoms with E-state index in [2.05, 4.69) is 20.5 Å². The normalized spacial score (nSPS) is 10.4. The second-order valence-corrected chi connectivity index (χ2v) is 5.60. The fourth-order valence-corrected chi connectivity index (χ4v) is 2.44. The van der Waals surface area contributed by atoms with Crippen molar-refractivity contribution in [2.75, 3.05) is 13.7 Å². The Morgan fingerprint density at radius 2 is 1.88 bits per heavy atom. The molecule has 0 spiro atoms. The van der Waals surface area contributed by atoms with Crippen molar-refractivity contribution < 1.29 is 9.53 Å². The molecule has 0 atom stereocenters. The molecule has 3 aromatic rings. The Kier molecular flexibility index (Phi) is 5.41. The van der Waals surface area contributed by atoms with Gasteiger partial charge in [-0.25, -0.2) is 4.98 Å². The smallest absolute Gasteiger partial charge is 0.224 e. The van der Waals surface area contributed by atoms with Crippen LogP contribution in [0.2, 0.25) is 0 Å². The van der Waals surface area contributed by atoms with Crippen molar-refractivity contribution in [2.45, 2.75) is 12.8 Å². The third kappa shape index (κ3) is 4.67. The molecule has 0 aliphatic heterocycles. The van der Waals surface area contributed by atoms with E-state index >= 15 is 0 Å². The van der Waals surface area contributed by atoms with Crippen LogP contribution in [0.25, 0.3) is 11.4 Å². The highest BCUT2D eigenvalue weighted by Gasteiger charge is 2.07. The van der Waals surface area contributed by atoms with Gasteiger partial charge in [-0.2, -0.15) is 5.10 Å². The molecule has 0 aliphatic carbocycles. The van der Waals surface area contributed by atoms with Crippen molar-refractivity contribution in [1.29, 1.82) is 0 Å². The van der Waals surface area contributed by atoms with Crippen LogP contribution >= 0.6 is 0 Å². The molecule has 3 rings (SSSR count). The van der Waals surface area contributed by atoms with Gasteiger partial charge in [-0.1, -0.05) is 30.3 Å². The third-order valence-electron chi connectivity index (χ3n) is 3.77. The molecule has 1 amide bonds. The van der Waals surface area contributed by atoms with E-state index in [0.29, 0.717) is 25.2 Å². The van der Waals surface area contributed by atoms with Gasteiger partial charge in [0.1, 0.15) is 11.6 Å². The number of carbonyl (C=O) groups excluding carboxylic acids is 1. The van der Waals surface area contributed by atoms with Gasteiger partial charge in [0.05, 0.1) is 13.5 Å². The molecule has 0 fully saturated rings. The number of benzene rings is 2. The predicted molar refractivity (Wildman–Crippen MR) is 95.2 cm³/mol. The average molecular weight is 336 g/mol. The Morgan fingerprint density at radius 3 is 2.60 bits per heavy atom. The first-order valence-electron chi connectivity index (χ1n) is 8.11. The Hall–Kier alpha value is -3.15. The van der Waals surface area contributed by atoms with Gasteiger partial charge in [0.15, 0.2) is 5.82 Å². The SMILES string of the molecule is COc1ccc(-c2n[nH]c(CCNC(=O)Cc3ccccc3)n2)cc1. The molecule has 0 saturated heterocycles. The van der Waals surface area contributed by atoms with Crippen molar-refractivity contribution in [3.8, 4) is 17.1 Å². The molecular weight excluding hydrogens is 316 g/mol. The van der Waals surface area contributed by atoms with Crippen LogP contribution < -0.4 is 10.1 Å². The van der Waals surface area contributed by atoms with E-state index in [0.717, 1.165) is 22.7 Å². The lowest BCUT2D eigenvalue weighted by Crippen LogP contribution is -2.27. The van der Waals surface area contributed by atoms with Crippen LogP contribution in [0.15, 0.2) is 54.6 Å². The first-order chi connectivity index (χ1) is 12.2. The second-order valence-electron chi connectivity index (χ2n) is 5.60. The van der Waals surface area contributed by atoms with Crippen LogP contribution in [0.5, 0.6) is 5.75 Å². The Morgan fingerprint density at radius 1 is 1.12 bits per heavy atom. The first-order valence-corrected chi connectivity index (χ1v) is 8.11. The highest BCUT2D eigenvalue weighted by molar-refractivity contribution is 5.78. The summed E-state index contributed by atoms with van der Waals surface area (Å²) in [6.45, 7) is 0.517. The van der Waals surface area contributed by atoms with Gasteiger partial charge in [0.2, 0.25) is 5.91 Å². The summed E-state index contributed by atoms with van der Waals surface area (Å²) in [5.74, 6) is 2.17. The van der Waals surface area contributed by atoms with Gasteiger partial charge in [0, 0.05) is 18.5 Å².